The first-order chi connectivity index (χ1) is 17.0. The fourth-order valence-corrected chi connectivity index (χ4v) is 5.02. The zero-order chi connectivity index (χ0) is 24.7. The number of aromatic nitrogens is 2. The lowest BCUT2D eigenvalue weighted by Gasteiger charge is -2.31. The minimum Gasteiger partial charge on any atom is -0.395 e. The van der Waals surface area contributed by atoms with Crippen molar-refractivity contribution < 1.29 is 9.84 Å². The molecule has 4 rings (SSSR count). The average Bonchev–Trinajstić information content (AvgIpc) is 2.90. The lowest BCUT2D eigenvalue weighted by molar-refractivity contribution is 0.0455. The molecule has 188 valence electrons. The number of hydrogen-bond acceptors (Lipinski definition) is 8. The molecule has 9 heteroatoms. The Morgan fingerprint density at radius 2 is 1.94 bits per heavy atom. The maximum Gasteiger partial charge on any atom is 0.126 e. The Balaban J connectivity index is 1.39. The van der Waals surface area contributed by atoms with Gasteiger partial charge >= 0.3 is 0 Å². The zero-order valence-electron chi connectivity index (χ0n) is 20.3. The number of nitrogens with zero attached hydrogens (tertiary/aromatic N) is 3. The van der Waals surface area contributed by atoms with Crippen LogP contribution < -0.4 is 16.0 Å². The molecule has 4 N–H and O–H groups in total. The first-order valence-corrected chi connectivity index (χ1v) is 12.9. The standard InChI is InChI=1S/C26H35ClN6O2/c1-18(15-34)31-19-5-7-20(8-6-19)32-25-13-21(22(27)14-29-25)23-3-2-4-24(33-23)30-17-26(16-28)9-11-35-12-10-26/h2-4,13-14,18-20,31,34H,5-12,15,17H2,1H3,(H,29,32)(H,30,33)/t18-,19?,20?/m1/s1. The van der Waals surface area contributed by atoms with Crippen LogP contribution in [0.1, 0.15) is 45.4 Å². The Kier molecular flexibility index (Phi) is 8.79. The number of rotatable bonds is 9. The van der Waals surface area contributed by atoms with Crippen LogP contribution in [0.25, 0.3) is 11.3 Å². The number of ether oxygens (including phenoxy) is 1. The second-order valence-corrected chi connectivity index (χ2v) is 10.2. The quantitative estimate of drug-likeness (QED) is 0.406. The summed E-state index contributed by atoms with van der Waals surface area (Å²) in [6.45, 7) is 3.94. The molecule has 0 unspecified atom stereocenters. The van der Waals surface area contributed by atoms with Gasteiger partial charge in [-0.05, 0) is 63.6 Å². The summed E-state index contributed by atoms with van der Waals surface area (Å²) in [5.74, 6) is 1.50. The van der Waals surface area contributed by atoms with Gasteiger partial charge < -0.3 is 25.8 Å². The van der Waals surface area contributed by atoms with Gasteiger partial charge in [0.05, 0.1) is 28.8 Å². The number of halogens is 1. The van der Waals surface area contributed by atoms with Crippen molar-refractivity contribution >= 4 is 23.2 Å². The molecular weight excluding hydrogens is 464 g/mol. The van der Waals surface area contributed by atoms with Crippen molar-refractivity contribution in [3.8, 4) is 17.3 Å². The number of hydrogen-bond donors (Lipinski definition) is 4. The van der Waals surface area contributed by atoms with Gasteiger partial charge in [-0.15, -0.1) is 0 Å². The zero-order valence-corrected chi connectivity index (χ0v) is 21.0. The third kappa shape index (κ3) is 6.83. The Bertz CT molecular complexity index is 1020. The van der Waals surface area contributed by atoms with Gasteiger partial charge in [0.1, 0.15) is 11.6 Å². The van der Waals surface area contributed by atoms with Crippen LogP contribution in [0, 0.1) is 16.7 Å². The highest BCUT2D eigenvalue weighted by Gasteiger charge is 2.32. The maximum absolute atomic E-state index is 9.71. The third-order valence-corrected chi connectivity index (χ3v) is 7.35. The Morgan fingerprint density at radius 3 is 2.66 bits per heavy atom. The smallest absolute Gasteiger partial charge is 0.126 e. The van der Waals surface area contributed by atoms with E-state index in [4.69, 9.17) is 21.3 Å². The second-order valence-electron chi connectivity index (χ2n) is 9.76. The van der Waals surface area contributed by atoms with Gasteiger partial charge in [0.25, 0.3) is 0 Å². The SMILES string of the molecule is C[C@H](CO)NC1CCC(Nc2cc(-c3cccc(NCC4(C#N)CCOCC4)n3)c(Cl)cn2)CC1. The Labute approximate surface area is 212 Å². The van der Waals surface area contributed by atoms with Gasteiger partial charge in [-0.25, -0.2) is 9.97 Å². The molecule has 35 heavy (non-hydrogen) atoms. The summed E-state index contributed by atoms with van der Waals surface area (Å²) >= 11 is 6.51. The average molecular weight is 499 g/mol. The van der Waals surface area contributed by atoms with Crippen LogP contribution in [-0.4, -0.2) is 59.6 Å². The Morgan fingerprint density at radius 1 is 1.20 bits per heavy atom. The van der Waals surface area contributed by atoms with E-state index in [2.05, 4.69) is 27.0 Å². The molecule has 1 atom stereocenters. The number of anilines is 2. The number of pyridine rings is 2. The molecule has 8 nitrogen and oxygen atoms in total. The van der Waals surface area contributed by atoms with Gasteiger partial charge in [0, 0.05) is 49.6 Å². The lowest BCUT2D eigenvalue weighted by Crippen LogP contribution is -2.42. The van der Waals surface area contributed by atoms with Crippen molar-refractivity contribution in [1.82, 2.24) is 15.3 Å². The Hall–Kier alpha value is -2.44. The van der Waals surface area contributed by atoms with E-state index < -0.39 is 5.41 Å². The minimum atomic E-state index is -0.425. The fourth-order valence-electron chi connectivity index (χ4n) is 4.82. The van der Waals surface area contributed by atoms with E-state index in [9.17, 15) is 10.4 Å². The van der Waals surface area contributed by atoms with Crippen molar-refractivity contribution in [1.29, 1.82) is 5.26 Å². The third-order valence-electron chi connectivity index (χ3n) is 7.05. The number of nitriles is 1. The van der Waals surface area contributed by atoms with Crippen molar-refractivity contribution in [2.45, 2.75) is 63.6 Å². The van der Waals surface area contributed by atoms with Crippen LogP contribution in [0.15, 0.2) is 30.5 Å². The predicted octanol–water partition coefficient (Wildman–Crippen LogP) is 4.22. The van der Waals surface area contributed by atoms with E-state index in [-0.39, 0.29) is 12.6 Å². The van der Waals surface area contributed by atoms with E-state index in [1.165, 1.54) is 0 Å². The summed E-state index contributed by atoms with van der Waals surface area (Å²) in [7, 11) is 0. The predicted molar refractivity (Wildman–Crippen MR) is 138 cm³/mol. The van der Waals surface area contributed by atoms with Crippen LogP contribution in [0.2, 0.25) is 5.02 Å². The second kappa shape index (κ2) is 12.0. The molecule has 2 fully saturated rings. The molecule has 1 aliphatic heterocycles. The maximum atomic E-state index is 9.71. The summed E-state index contributed by atoms with van der Waals surface area (Å²) in [5, 5.41) is 29.9. The van der Waals surface area contributed by atoms with E-state index in [0.29, 0.717) is 42.7 Å². The molecule has 2 aliphatic rings. The summed E-state index contributed by atoms with van der Waals surface area (Å²) < 4.78 is 5.43. The van der Waals surface area contributed by atoms with Crippen molar-refractivity contribution in [3.05, 3.63) is 35.5 Å². The van der Waals surface area contributed by atoms with Crippen molar-refractivity contribution in [2.75, 3.05) is 37.0 Å². The van der Waals surface area contributed by atoms with E-state index in [1.807, 2.05) is 31.2 Å². The number of aliphatic hydroxyl groups excluding tert-OH is 1. The van der Waals surface area contributed by atoms with E-state index in [1.54, 1.807) is 6.20 Å². The molecule has 2 aromatic heterocycles. The first kappa shape index (κ1) is 25.6. The van der Waals surface area contributed by atoms with Crippen LogP contribution >= 0.6 is 11.6 Å². The highest BCUT2D eigenvalue weighted by atomic mass is 35.5. The highest BCUT2D eigenvalue weighted by Crippen LogP contribution is 2.32. The molecule has 1 aliphatic carbocycles. The summed E-state index contributed by atoms with van der Waals surface area (Å²) in [6.07, 6.45) is 7.32. The number of aliphatic hydroxyl groups is 1. The van der Waals surface area contributed by atoms with Gasteiger partial charge in [0.2, 0.25) is 0 Å². The molecular formula is C26H35ClN6O2. The van der Waals surface area contributed by atoms with Crippen molar-refractivity contribution in [3.63, 3.8) is 0 Å². The van der Waals surface area contributed by atoms with Gasteiger partial charge in [-0.1, -0.05) is 17.7 Å². The van der Waals surface area contributed by atoms with Crippen LogP contribution in [0.3, 0.4) is 0 Å². The fraction of sp³-hybridized carbons (Fsp3) is 0.577. The molecule has 3 heterocycles. The molecule has 2 aromatic rings. The van der Waals surface area contributed by atoms with Gasteiger partial charge in [0.15, 0.2) is 0 Å². The molecule has 0 bridgehead atoms. The first-order valence-electron chi connectivity index (χ1n) is 12.5. The summed E-state index contributed by atoms with van der Waals surface area (Å²) in [4.78, 5) is 9.26. The van der Waals surface area contributed by atoms with E-state index in [0.717, 1.165) is 55.6 Å². The molecule has 0 spiro atoms. The summed E-state index contributed by atoms with van der Waals surface area (Å²) in [5.41, 5.74) is 1.15. The van der Waals surface area contributed by atoms with Gasteiger partial charge in [-0.2, -0.15) is 5.26 Å². The molecule has 0 amide bonds. The topological polar surface area (TPSA) is 115 Å². The van der Waals surface area contributed by atoms with Gasteiger partial charge in [-0.3, -0.25) is 0 Å². The molecule has 1 saturated carbocycles. The van der Waals surface area contributed by atoms with Crippen LogP contribution in [-0.2, 0) is 4.74 Å². The highest BCUT2D eigenvalue weighted by molar-refractivity contribution is 6.33. The van der Waals surface area contributed by atoms with Crippen LogP contribution in [0.5, 0.6) is 0 Å². The number of nitrogens with one attached hydrogen (secondary N) is 3. The molecule has 0 aromatic carbocycles. The minimum absolute atomic E-state index is 0.130. The summed E-state index contributed by atoms with van der Waals surface area (Å²) in [6, 6.07) is 11.2. The molecule has 0 radical (unpaired) electrons. The lowest BCUT2D eigenvalue weighted by atomic mass is 9.82. The molecule has 1 saturated heterocycles. The van der Waals surface area contributed by atoms with E-state index >= 15 is 0 Å². The van der Waals surface area contributed by atoms with Crippen molar-refractivity contribution in [2.24, 2.45) is 5.41 Å². The normalized spacial score (nSPS) is 22.7. The monoisotopic (exact) mass is 498 g/mol. The van der Waals surface area contributed by atoms with Crippen LogP contribution in [0.4, 0.5) is 11.6 Å². The largest absolute Gasteiger partial charge is 0.395 e.